The van der Waals surface area contributed by atoms with Crippen molar-refractivity contribution in [1.29, 1.82) is 0 Å². The van der Waals surface area contributed by atoms with E-state index in [4.69, 9.17) is 29.8 Å². The van der Waals surface area contributed by atoms with Crippen molar-refractivity contribution in [3.8, 4) is 0 Å². The Labute approximate surface area is 161 Å². The van der Waals surface area contributed by atoms with Crippen LogP contribution in [-0.2, 0) is 33.7 Å². The molecular weight excluding hydrogens is 380 g/mol. The molecule has 0 radical (unpaired) electrons. The molecule has 0 aromatic rings. The summed E-state index contributed by atoms with van der Waals surface area (Å²) in [6.45, 7) is 3.98. The summed E-state index contributed by atoms with van der Waals surface area (Å²) in [6, 6.07) is 0. The third-order valence-electron chi connectivity index (χ3n) is 5.00. The third kappa shape index (κ3) is 5.63. The van der Waals surface area contributed by atoms with E-state index in [1.165, 1.54) is 0 Å². The van der Waals surface area contributed by atoms with Crippen molar-refractivity contribution in [3.63, 3.8) is 0 Å². The number of rotatable bonds is 12. The minimum atomic E-state index is -1.56. The van der Waals surface area contributed by atoms with Gasteiger partial charge in [0, 0.05) is 5.92 Å². The summed E-state index contributed by atoms with van der Waals surface area (Å²) in [4.78, 5) is 54.9. The zero-order chi connectivity index (χ0) is 21.6. The minimum absolute atomic E-state index is 0.342. The Hall–Kier alpha value is -2.24. The lowest BCUT2D eigenvalue weighted by atomic mass is 9.56. The van der Waals surface area contributed by atoms with Crippen LogP contribution in [0, 0.1) is 29.1 Å². The van der Waals surface area contributed by atoms with Crippen molar-refractivity contribution in [2.45, 2.75) is 33.3 Å². The number of aliphatic hydroxyl groups excluding tert-OH is 1. The van der Waals surface area contributed by atoms with E-state index in [0.29, 0.717) is 6.42 Å². The van der Waals surface area contributed by atoms with Gasteiger partial charge in [-0.05, 0) is 20.3 Å². The van der Waals surface area contributed by atoms with Gasteiger partial charge in [-0.25, -0.2) is 9.78 Å². The van der Waals surface area contributed by atoms with E-state index in [-0.39, 0.29) is 6.61 Å². The highest BCUT2D eigenvalue weighted by atomic mass is 17.2. The van der Waals surface area contributed by atoms with E-state index in [9.17, 15) is 24.3 Å². The Morgan fingerprint density at radius 3 is 1.82 bits per heavy atom. The molecule has 0 aromatic carbocycles. The predicted molar refractivity (Wildman–Crippen MR) is 89.8 cm³/mol. The summed E-state index contributed by atoms with van der Waals surface area (Å²) in [5.41, 5.74) is -0.695. The number of hydrogen-bond donors (Lipinski definition) is 4. The monoisotopic (exact) mass is 406 g/mol. The highest BCUT2D eigenvalue weighted by molar-refractivity contribution is 5.89. The molecule has 0 aliphatic heterocycles. The zero-order valence-corrected chi connectivity index (χ0v) is 15.9. The van der Waals surface area contributed by atoms with Crippen LogP contribution in [0.15, 0.2) is 0 Å². The van der Waals surface area contributed by atoms with E-state index in [2.05, 4.69) is 0 Å². The zero-order valence-electron chi connectivity index (χ0n) is 15.9. The highest BCUT2D eigenvalue weighted by Crippen LogP contribution is 2.47. The van der Waals surface area contributed by atoms with Crippen LogP contribution in [0.1, 0.15) is 27.2 Å². The quantitative estimate of drug-likeness (QED) is 0.148. The summed E-state index contributed by atoms with van der Waals surface area (Å²) in [5.74, 6) is -10.4. The molecule has 1 saturated carbocycles. The van der Waals surface area contributed by atoms with Gasteiger partial charge in [0.05, 0.1) is 29.8 Å². The summed E-state index contributed by atoms with van der Waals surface area (Å²) in [6.07, 6.45) is -0.661. The van der Waals surface area contributed by atoms with Gasteiger partial charge in [0.25, 0.3) is 0 Å². The number of carbonyl (C=O) groups is 4. The van der Waals surface area contributed by atoms with Gasteiger partial charge in [0.2, 0.25) is 0 Å². The third-order valence-corrected chi connectivity index (χ3v) is 5.00. The van der Waals surface area contributed by atoms with Crippen LogP contribution in [0.2, 0.25) is 0 Å². The van der Waals surface area contributed by atoms with E-state index in [1.54, 1.807) is 13.8 Å². The van der Waals surface area contributed by atoms with Gasteiger partial charge < -0.3 is 25.2 Å². The van der Waals surface area contributed by atoms with Crippen molar-refractivity contribution in [2.24, 2.45) is 29.1 Å². The van der Waals surface area contributed by atoms with Crippen LogP contribution in [0.4, 0.5) is 0 Å². The van der Waals surface area contributed by atoms with Gasteiger partial charge in [-0.15, -0.1) is 0 Å². The first-order valence-corrected chi connectivity index (χ1v) is 8.72. The smallest absolute Gasteiger partial charge is 0.311 e. The van der Waals surface area contributed by atoms with Crippen molar-refractivity contribution < 1.29 is 54.1 Å². The van der Waals surface area contributed by atoms with Gasteiger partial charge in [-0.3, -0.25) is 19.2 Å². The Morgan fingerprint density at radius 2 is 1.39 bits per heavy atom. The fraction of sp³-hybridized carbons (Fsp3) is 0.765. The topological polar surface area (TPSA) is 177 Å². The molecule has 0 aromatic heterocycles. The molecule has 0 spiro atoms. The Balaban J connectivity index is 2.45. The number of hydrogen-bond acceptors (Lipinski definition) is 8. The van der Waals surface area contributed by atoms with E-state index in [0.717, 1.165) is 0 Å². The number of aliphatic hydroxyl groups is 1. The van der Waals surface area contributed by atoms with Gasteiger partial charge in [-0.1, -0.05) is 6.92 Å². The molecule has 1 aliphatic carbocycles. The van der Waals surface area contributed by atoms with Gasteiger partial charge in [0.15, 0.2) is 0 Å². The summed E-state index contributed by atoms with van der Waals surface area (Å²) >= 11 is 0. The van der Waals surface area contributed by atoms with E-state index >= 15 is 0 Å². The standard InChI is InChI=1S/C17H26O11/c1-4-17(2,3)16(25)26-5-8(18)6-27-28-7-9-10(13(19)20)12(15(23)24)11(9)14(21)22/h8-12,18H,4-7H2,1-3H3,(H,19,20)(H,21,22)(H,23,24). The van der Waals surface area contributed by atoms with Crippen molar-refractivity contribution >= 4 is 23.9 Å². The molecule has 160 valence electrons. The Bertz CT molecular complexity index is 578. The van der Waals surface area contributed by atoms with Gasteiger partial charge >= 0.3 is 23.9 Å². The second-order valence-corrected chi connectivity index (χ2v) is 7.31. The maximum atomic E-state index is 11.8. The largest absolute Gasteiger partial charge is 0.481 e. The van der Waals surface area contributed by atoms with E-state index < -0.39 is 72.3 Å². The number of esters is 1. The fourth-order valence-electron chi connectivity index (χ4n) is 2.83. The lowest BCUT2D eigenvalue weighted by Crippen LogP contribution is -2.58. The van der Waals surface area contributed by atoms with Gasteiger partial charge in [0.1, 0.15) is 19.3 Å². The molecule has 0 saturated heterocycles. The van der Waals surface area contributed by atoms with Crippen LogP contribution in [0.5, 0.6) is 0 Å². The predicted octanol–water partition coefficient (Wildman–Crippen LogP) is 0.00710. The van der Waals surface area contributed by atoms with Crippen LogP contribution >= 0.6 is 0 Å². The lowest BCUT2D eigenvalue weighted by molar-refractivity contribution is -0.322. The van der Waals surface area contributed by atoms with Crippen LogP contribution < -0.4 is 0 Å². The SMILES string of the molecule is CCC(C)(C)C(=O)OCC(O)COOCC1C(C(=O)O)C(C(=O)O)C1C(=O)O. The molecule has 1 rings (SSSR count). The molecule has 3 atom stereocenters. The fourth-order valence-corrected chi connectivity index (χ4v) is 2.83. The molecule has 1 fully saturated rings. The molecule has 0 heterocycles. The van der Waals surface area contributed by atoms with Crippen molar-refractivity contribution in [1.82, 2.24) is 0 Å². The average molecular weight is 406 g/mol. The number of carboxylic acid groups (broad SMARTS) is 3. The minimum Gasteiger partial charge on any atom is -0.481 e. The summed E-state index contributed by atoms with van der Waals surface area (Å²) in [7, 11) is 0. The highest BCUT2D eigenvalue weighted by Gasteiger charge is 2.61. The summed E-state index contributed by atoms with van der Waals surface area (Å²) < 4.78 is 4.96. The second-order valence-electron chi connectivity index (χ2n) is 7.31. The molecule has 0 amide bonds. The maximum absolute atomic E-state index is 11.8. The molecular formula is C17H26O11. The van der Waals surface area contributed by atoms with Crippen LogP contribution in [0.3, 0.4) is 0 Å². The molecule has 3 unspecified atom stereocenters. The Kier molecular flexibility index (Phi) is 8.33. The lowest BCUT2D eigenvalue weighted by Gasteiger charge is -2.44. The number of aliphatic carboxylic acids is 3. The maximum Gasteiger partial charge on any atom is 0.311 e. The van der Waals surface area contributed by atoms with Gasteiger partial charge in [-0.2, -0.15) is 0 Å². The second kappa shape index (κ2) is 9.80. The summed E-state index contributed by atoms with van der Waals surface area (Å²) in [5, 5.41) is 37.0. The molecule has 11 nitrogen and oxygen atoms in total. The molecule has 11 heteroatoms. The van der Waals surface area contributed by atoms with Crippen LogP contribution in [-0.4, -0.2) is 70.2 Å². The molecule has 1 aliphatic rings. The Morgan fingerprint density at radius 1 is 0.893 bits per heavy atom. The normalized spacial score (nSPS) is 25.4. The first kappa shape index (κ1) is 23.8. The number of ether oxygens (including phenoxy) is 1. The van der Waals surface area contributed by atoms with Crippen LogP contribution in [0.25, 0.3) is 0 Å². The average Bonchev–Trinajstić information content (AvgIpc) is 2.56. The molecule has 4 N–H and O–H groups in total. The van der Waals surface area contributed by atoms with Crippen molar-refractivity contribution in [2.75, 3.05) is 19.8 Å². The molecule has 28 heavy (non-hydrogen) atoms. The number of carboxylic acids is 3. The molecule has 0 bridgehead atoms. The van der Waals surface area contributed by atoms with E-state index in [1.807, 2.05) is 6.92 Å². The first-order valence-electron chi connectivity index (χ1n) is 8.72. The number of carbonyl (C=O) groups excluding carboxylic acids is 1. The van der Waals surface area contributed by atoms with Crippen molar-refractivity contribution in [3.05, 3.63) is 0 Å². The first-order chi connectivity index (χ1) is 12.9.